The summed E-state index contributed by atoms with van der Waals surface area (Å²) in [7, 11) is 1.74. The van der Waals surface area contributed by atoms with Gasteiger partial charge in [-0.05, 0) is 61.8 Å². The lowest BCUT2D eigenvalue weighted by atomic mass is 9.96. The average Bonchev–Trinajstić information content (AvgIpc) is 3.26. The van der Waals surface area contributed by atoms with Gasteiger partial charge in [0, 0.05) is 44.4 Å². The lowest BCUT2D eigenvalue weighted by Crippen LogP contribution is -2.31. The Labute approximate surface area is 190 Å². The van der Waals surface area contributed by atoms with Gasteiger partial charge in [0.2, 0.25) is 0 Å². The molecule has 4 rings (SSSR count). The van der Waals surface area contributed by atoms with Gasteiger partial charge in [-0.2, -0.15) is 0 Å². The highest BCUT2D eigenvalue weighted by molar-refractivity contribution is 7.80. The molecule has 1 N–H and O–H groups in total. The fourth-order valence-corrected chi connectivity index (χ4v) is 4.83. The zero-order chi connectivity index (χ0) is 21.8. The molecule has 6 heteroatoms. The van der Waals surface area contributed by atoms with Crippen LogP contribution in [0.1, 0.15) is 46.7 Å². The summed E-state index contributed by atoms with van der Waals surface area (Å²) in [6, 6.07) is 19.1. The fourth-order valence-electron chi connectivity index (χ4n) is 4.50. The van der Waals surface area contributed by atoms with Gasteiger partial charge in [-0.3, -0.25) is 4.98 Å². The highest BCUT2D eigenvalue weighted by atomic mass is 32.1. The van der Waals surface area contributed by atoms with Crippen molar-refractivity contribution in [3.8, 4) is 0 Å². The molecule has 2 atom stereocenters. The van der Waals surface area contributed by atoms with Crippen molar-refractivity contribution < 1.29 is 4.74 Å². The minimum atomic E-state index is 0.0157. The van der Waals surface area contributed by atoms with Crippen LogP contribution in [0.3, 0.4) is 0 Å². The summed E-state index contributed by atoms with van der Waals surface area (Å²) < 4.78 is 7.69. The van der Waals surface area contributed by atoms with Gasteiger partial charge in [0.15, 0.2) is 5.11 Å². The molecule has 0 radical (unpaired) electrons. The van der Waals surface area contributed by atoms with E-state index in [0.717, 1.165) is 30.3 Å². The number of rotatable bonds is 8. The summed E-state index contributed by atoms with van der Waals surface area (Å²) in [5.74, 6) is 0. The third-order valence-corrected chi connectivity index (χ3v) is 6.41. The number of methoxy groups -OCH3 is 1. The first kappa shape index (κ1) is 21.5. The number of thiocarbonyl (C=S) groups is 1. The van der Waals surface area contributed by atoms with Crippen LogP contribution in [-0.4, -0.2) is 39.8 Å². The van der Waals surface area contributed by atoms with Crippen molar-refractivity contribution in [3.05, 3.63) is 89.0 Å². The summed E-state index contributed by atoms with van der Waals surface area (Å²) >= 11 is 5.77. The predicted octanol–water partition coefficient (Wildman–Crippen LogP) is 4.56. The van der Waals surface area contributed by atoms with Crippen LogP contribution >= 0.6 is 12.2 Å². The maximum Gasteiger partial charge on any atom is 0.170 e. The molecule has 1 aliphatic heterocycles. The van der Waals surface area contributed by atoms with Gasteiger partial charge in [-0.15, -0.1) is 0 Å². The van der Waals surface area contributed by atoms with Gasteiger partial charge in [0.25, 0.3) is 0 Å². The molecule has 1 fully saturated rings. The van der Waals surface area contributed by atoms with Gasteiger partial charge < -0.3 is 19.5 Å². The van der Waals surface area contributed by atoms with Crippen molar-refractivity contribution in [3.63, 3.8) is 0 Å². The standard InChI is InChI=1S/C25H30N4OS/c1-18-16-21(19(2)29(18)17-20-10-5-4-6-11-20)24-23(22-12-7-8-13-26-22)27-25(31)28(24)14-9-15-30-3/h4-8,10-13,16,23-24H,9,14-15,17H2,1-3H3,(H,27,31)/t23-,24-/m1/s1. The number of ether oxygens (including phenoxy) is 1. The number of aryl methyl sites for hydroxylation is 1. The van der Waals surface area contributed by atoms with Gasteiger partial charge >= 0.3 is 0 Å². The van der Waals surface area contributed by atoms with Gasteiger partial charge in [-0.25, -0.2) is 0 Å². The quantitative estimate of drug-likeness (QED) is 0.416. The summed E-state index contributed by atoms with van der Waals surface area (Å²) in [6.07, 6.45) is 2.77. The zero-order valence-electron chi connectivity index (χ0n) is 18.4. The van der Waals surface area contributed by atoms with Crippen LogP contribution in [0.5, 0.6) is 0 Å². The maximum absolute atomic E-state index is 5.77. The number of aromatic nitrogens is 2. The molecule has 1 aromatic carbocycles. The first-order valence-electron chi connectivity index (χ1n) is 10.8. The fraction of sp³-hybridized carbons (Fsp3) is 0.360. The van der Waals surface area contributed by atoms with Crippen LogP contribution in [-0.2, 0) is 11.3 Å². The molecule has 0 spiro atoms. The Bertz CT molecular complexity index is 1020. The van der Waals surface area contributed by atoms with Crippen molar-refractivity contribution in [2.24, 2.45) is 0 Å². The summed E-state index contributed by atoms with van der Waals surface area (Å²) in [5.41, 5.74) is 6.14. The normalized spacial score (nSPS) is 18.4. The smallest absolute Gasteiger partial charge is 0.170 e. The molecular formula is C25H30N4OS. The van der Waals surface area contributed by atoms with Gasteiger partial charge in [0.1, 0.15) is 0 Å². The Morgan fingerprint density at radius 3 is 2.58 bits per heavy atom. The summed E-state index contributed by atoms with van der Waals surface area (Å²) in [5, 5.41) is 4.33. The van der Waals surface area contributed by atoms with Crippen molar-refractivity contribution in [2.45, 2.75) is 38.9 Å². The molecule has 0 amide bonds. The summed E-state index contributed by atoms with van der Waals surface area (Å²) in [6.45, 7) is 6.82. The molecule has 0 aliphatic carbocycles. The number of pyridine rings is 1. The second-order valence-electron chi connectivity index (χ2n) is 8.06. The number of nitrogens with one attached hydrogen (secondary N) is 1. The lowest BCUT2D eigenvalue weighted by molar-refractivity contribution is 0.180. The van der Waals surface area contributed by atoms with E-state index in [4.69, 9.17) is 17.0 Å². The number of nitrogens with zero attached hydrogens (tertiary/aromatic N) is 3. The zero-order valence-corrected chi connectivity index (χ0v) is 19.2. The Morgan fingerprint density at radius 1 is 1.10 bits per heavy atom. The average molecular weight is 435 g/mol. The van der Waals surface area contributed by atoms with E-state index in [-0.39, 0.29) is 12.1 Å². The highest BCUT2D eigenvalue weighted by Gasteiger charge is 2.41. The molecule has 162 valence electrons. The van der Waals surface area contributed by atoms with Crippen LogP contribution in [0.4, 0.5) is 0 Å². The third-order valence-electron chi connectivity index (χ3n) is 6.06. The number of benzene rings is 1. The monoisotopic (exact) mass is 434 g/mol. The van der Waals surface area contributed by atoms with E-state index in [2.05, 4.69) is 76.1 Å². The first-order chi connectivity index (χ1) is 15.1. The van der Waals surface area contributed by atoms with Crippen molar-refractivity contribution in [1.82, 2.24) is 19.8 Å². The Morgan fingerprint density at radius 2 is 1.87 bits per heavy atom. The van der Waals surface area contributed by atoms with E-state index < -0.39 is 0 Å². The SMILES string of the molecule is COCCCN1C(=S)N[C@H](c2ccccn2)[C@H]1c1cc(C)n(Cc2ccccc2)c1C. The van der Waals surface area contributed by atoms with E-state index in [9.17, 15) is 0 Å². The minimum Gasteiger partial charge on any atom is -0.385 e. The number of hydrogen-bond donors (Lipinski definition) is 1. The predicted molar refractivity (Wildman–Crippen MR) is 128 cm³/mol. The van der Waals surface area contributed by atoms with Crippen LogP contribution < -0.4 is 5.32 Å². The molecule has 31 heavy (non-hydrogen) atoms. The molecule has 1 aliphatic rings. The van der Waals surface area contributed by atoms with Crippen LogP contribution in [0.25, 0.3) is 0 Å². The Hall–Kier alpha value is -2.70. The van der Waals surface area contributed by atoms with E-state index in [0.29, 0.717) is 6.61 Å². The molecule has 3 aromatic rings. The maximum atomic E-state index is 5.77. The van der Waals surface area contributed by atoms with Crippen LogP contribution in [0, 0.1) is 13.8 Å². The van der Waals surface area contributed by atoms with E-state index in [1.165, 1.54) is 22.5 Å². The highest BCUT2D eigenvalue weighted by Crippen LogP contribution is 2.40. The van der Waals surface area contributed by atoms with E-state index >= 15 is 0 Å². The second kappa shape index (κ2) is 9.62. The van der Waals surface area contributed by atoms with Crippen molar-refractivity contribution >= 4 is 17.3 Å². The number of hydrogen-bond acceptors (Lipinski definition) is 3. The van der Waals surface area contributed by atoms with Crippen LogP contribution in [0.2, 0.25) is 0 Å². The molecule has 2 aromatic heterocycles. The van der Waals surface area contributed by atoms with Crippen molar-refractivity contribution in [2.75, 3.05) is 20.3 Å². The molecular weight excluding hydrogens is 404 g/mol. The van der Waals surface area contributed by atoms with Crippen LogP contribution in [0.15, 0.2) is 60.8 Å². The third kappa shape index (κ3) is 4.50. The molecule has 5 nitrogen and oxygen atoms in total. The molecule has 3 heterocycles. The van der Waals surface area contributed by atoms with Crippen molar-refractivity contribution in [1.29, 1.82) is 0 Å². The summed E-state index contributed by atoms with van der Waals surface area (Å²) in [4.78, 5) is 6.96. The molecule has 0 bridgehead atoms. The molecule has 1 saturated heterocycles. The van der Waals surface area contributed by atoms with E-state index in [1.54, 1.807) is 7.11 Å². The largest absolute Gasteiger partial charge is 0.385 e. The second-order valence-corrected chi connectivity index (χ2v) is 8.45. The minimum absolute atomic E-state index is 0.0157. The molecule has 0 saturated carbocycles. The molecule has 0 unspecified atom stereocenters. The first-order valence-corrected chi connectivity index (χ1v) is 11.2. The van der Waals surface area contributed by atoms with E-state index in [1.807, 2.05) is 18.3 Å². The Kier molecular flexibility index (Phi) is 6.68. The Balaban J connectivity index is 1.72. The van der Waals surface area contributed by atoms with Gasteiger partial charge in [0.05, 0.1) is 17.8 Å². The topological polar surface area (TPSA) is 42.3 Å². The lowest BCUT2D eigenvalue weighted by Gasteiger charge is -2.28. The van der Waals surface area contributed by atoms with Gasteiger partial charge in [-0.1, -0.05) is 36.4 Å².